The normalized spacial score (nSPS) is 16.0. The fraction of sp³-hybridized carbons (Fsp3) is 0.667. The molecule has 3 heteroatoms. The first kappa shape index (κ1) is 19.4. The molecule has 1 aromatic rings. The topological polar surface area (TPSA) is 22.1 Å². The number of hydrogen-bond acceptors (Lipinski definition) is 2. The van der Waals surface area contributed by atoms with E-state index in [4.69, 9.17) is 9.41 Å². The second kappa shape index (κ2) is 7.96. The summed E-state index contributed by atoms with van der Waals surface area (Å²) in [5, 5.41) is 1.52. The third kappa shape index (κ3) is 3.52. The summed E-state index contributed by atoms with van der Waals surface area (Å²) in [5.41, 5.74) is 5.97. The highest BCUT2D eigenvalue weighted by atomic mass is 28.4. The summed E-state index contributed by atoms with van der Waals surface area (Å²) < 4.78 is 6.61. The number of aromatic nitrogens is 1. The lowest BCUT2D eigenvalue weighted by molar-refractivity contribution is 0.299. The van der Waals surface area contributed by atoms with Crippen LogP contribution in [0.3, 0.4) is 0 Å². The van der Waals surface area contributed by atoms with Crippen molar-refractivity contribution in [1.29, 1.82) is 0 Å². The molecule has 1 aromatic heterocycles. The molecule has 0 fully saturated rings. The minimum Gasteiger partial charge on any atom is -0.408 e. The molecule has 2 rings (SSSR count). The Balaban J connectivity index is 2.49. The van der Waals surface area contributed by atoms with Gasteiger partial charge in [-0.25, -0.2) is 0 Å². The zero-order chi connectivity index (χ0) is 17.9. The molecule has 2 heterocycles. The molecule has 0 bridgehead atoms. The van der Waals surface area contributed by atoms with Crippen LogP contribution in [-0.4, -0.2) is 13.3 Å². The molecule has 2 nitrogen and oxygen atoms in total. The van der Waals surface area contributed by atoms with Gasteiger partial charge in [0.15, 0.2) is 0 Å². The van der Waals surface area contributed by atoms with Gasteiger partial charge in [0.2, 0.25) is 8.32 Å². The van der Waals surface area contributed by atoms with Crippen LogP contribution in [0.25, 0.3) is 5.57 Å². The molecule has 0 saturated heterocycles. The van der Waals surface area contributed by atoms with Crippen LogP contribution in [0.1, 0.15) is 84.2 Å². The number of hydrogen-bond donors (Lipinski definition) is 0. The molecule has 0 spiro atoms. The second-order valence-corrected chi connectivity index (χ2v) is 12.7. The quantitative estimate of drug-likeness (QED) is 0.443. The molecule has 24 heavy (non-hydrogen) atoms. The molecule has 0 aliphatic carbocycles. The number of unbranched alkanes of at least 4 members (excludes halogenated alkanes) is 3. The Bertz CT molecular complexity index is 584. The predicted octanol–water partition coefficient (Wildman–Crippen LogP) is 5.74. The molecule has 0 N–H and O–H groups in total. The zero-order valence-corrected chi connectivity index (χ0v) is 17.5. The number of rotatable bonds is 8. The van der Waals surface area contributed by atoms with E-state index in [1.54, 1.807) is 0 Å². The van der Waals surface area contributed by atoms with E-state index in [2.05, 4.69) is 54.2 Å². The van der Waals surface area contributed by atoms with E-state index in [9.17, 15) is 0 Å². The zero-order valence-electron chi connectivity index (χ0n) is 16.5. The molecule has 0 radical (unpaired) electrons. The molecular formula is C21H35NOSi. The maximum absolute atomic E-state index is 6.61. The van der Waals surface area contributed by atoms with Crippen molar-refractivity contribution >= 4 is 19.1 Å². The van der Waals surface area contributed by atoms with Crippen LogP contribution in [0.4, 0.5) is 0 Å². The maximum atomic E-state index is 6.61. The van der Waals surface area contributed by atoms with Gasteiger partial charge in [0.05, 0.1) is 12.3 Å². The number of nitrogens with zero attached hydrogens (tertiary/aromatic N) is 1. The highest BCUT2D eigenvalue weighted by molar-refractivity contribution is 6.90. The van der Waals surface area contributed by atoms with Gasteiger partial charge in [0, 0.05) is 5.69 Å². The van der Waals surface area contributed by atoms with Crippen molar-refractivity contribution in [2.24, 2.45) is 0 Å². The lowest BCUT2D eigenvalue weighted by atomic mass is 10.1. The Labute approximate surface area is 149 Å². The fourth-order valence-corrected chi connectivity index (χ4v) is 9.18. The predicted molar refractivity (Wildman–Crippen MR) is 107 cm³/mol. The number of allylic oxidation sites excluding steroid dienone is 1. The van der Waals surface area contributed by atoms with Crippen LogP contribution < -0.4 is 5.19 Å². The van der Waals surface area contributed by atoms with E-state index in [0.29, 0.717) is 11.1 Å². The average molecular weight is 346 g/mol. The third-order valence-corrected chi connectivity index (χ3v) is 10.9. The Hall–Kier alpha value is -0.933. The highest BCUT2D eigenvalue weighted by Gasteiger charge is 2.50. The van der Waals surface area contributed by atoms with Gasteiger partial charge in [-0.05, 0) is 53.2 Å². The van der Waals surface area contributed by atoms with E-state index >= 15 is 0 Å². The summed E-state index contributed by atoms with van der Waals surface area (Å²) in [6.07, 6.45) is 6.20. The van der Waals surface area contributed by atoms with Gasteiger partial charge in [-0.2, -0.15) is 0 Å². The molecule has 0 saturated carbocycles. The van der Waals surface area contributed by atoms with Crippen molar-refractivity contribution in [3.8, 4) is 0 Å². The van der Waals surface area contributed by atoms with Crippen molar-refractivity contribution in [3.63, 3.8) is 0 Å². The SMILES string of the molecule is C=C(C)c1cc2c(c(CCCCCC)n1)[Si](C(C)C)(C(C)C)OC2. The van der Waals surface area contributed by atoms with Crippen LogP contribution in [-0.2, 0) is 17.5 Å². The monoisotopic (exact) mass is 345 g/mol. The average Bonchev–Trinajstić information content (AvgIpc) is 2.92. The van der Waals surface area contributed by atoms with E-state index in [0.717, 1.165) is 24.3 Å². The van der Waals surface area contributed by atoms with E-state index in [1.165, 1.54) is 42.1 Å². The molecule has 1 aliphatic rings. The van der Waals surface area contributed by atoms with Crippen LogP contribution in [0, 0.1) is 0 Å². The molecule has 1 aliphatic heterocycles. The van der Waals surface area contributed by atoms with Crippen molar-refractivity contribution < 1.29 is 4.43 Å². The summed E-state index contributed by atoms with van der Waals surface area (Å²) in [4.78, 5) is 5.06. The van der Waals surface area contributed by atoms with Crippen LogP contribution in [0.15, 0.2) is 12.6 Å². The minimum atomic E-state index is -1.97. The van der Waals surface area contributed by atoms with Crippen LogP contribution >= 0.6 is 0 Å². The van der Waals surface area contributed by atoms with Gasteiger partial charge in [0.1, 0.15) is 0 Å². The van der Waals surface area contributed by atoms with E-state index in [1.807, 2.05) is 0 Å². The Morgan fingerprint density at radius 3 is 2.42 bits per heavy atom. The van der Waals surface area contributed by atoms with Gasteiger partial charge < -0.3 is 4.43 Å². The summed E-state index contributed by atoms with van der Waals surface area (Å²) in [5.74, 6) is 0. The van der Waals surface area contributed by atoms with Crippen molar-refractivity contribution in [2.45, 2.75) is 91.3 Å². The summed E-state index contributed by atoms with van der Waals surface area (Å²) in [7, 11) is -1.97. The van der Waals surface area contributed by atoms with Gasteiger partial charge in [-0.15, -0.1) is 0 Å². The lowest BCUT2D eigenvalue weighted by Crippen LogP contribution is -2.54. The molecular weight excluding hydrogens is 310 g/mol. The van der Waals surface area contributed by atoms with Gasteiger partial charge in [-0.3, -0.25) is 4.98 Å². The van der Waals surface area contributed by atoms with Gasteiger partial charge in [0.25, 0.3) is 0 Å². The van der Waals surface area contributed by atoms with E-state index < -0.39 is 8.32 Å². The van der Waals surface area contributed by atoms with Crippen molar-refractivity contribution in [1.82, 2.24) is 4.98 Å². The van der Waals surface area contributed by atoms with Gasteiger partial charge in [-0.1, -0.05) is 60.5 Å². The summed E-state index contributed by atoms with van der Waals surface area (Å²) in [6.45, 7) is 18.6. The number of pyridine rings is 1. The van der Waals surface area contributed by atoms with Crippen LogP contribution in [0.5, 0.6) is 0 Å². The van der Waals surface area contributed by atoms with Crippen molar-refractivity contribution in [3.05, 3.63) is 29.6 Å². The van der Waals surface area contributed by atoms with Crippen LogP contribution in [0.2, 0.25) is 11.1 Å². The number of aryl methyl sites for hydroxylation is 1. The lowest BCUT2D eigenvalue weighted by Gasteiger charge is -2.35. The second-order valence-electron chi connectivity index (χ2n) is 7.97. The fourth-order valence-electron chi connectivity index (χ4n) is 4.21. The maximum Gasteiger partial charge on any atom is 0.231 e. The van der Waals surface area contributed by atoms with Gasteiger partial charge >= 0.3 is 0 Å². The first-order valence-electron chi connectivity index (χ1n) is 9.67. The smallest absolute Gasteiger partial charge is 0.231 e. The molecule has 0 atom stereocenters. The molecule has 134 valence electrons. The first-order valence-corrected chi connectivity index (χ1v) is 11.7. The highest BCUT2D eigenvalue weighted by Crippen LogP contribution is 2.39. The minimum absolute atomic E-state index is 0.575. The molecule has 0 aromatic carbocycles. The van der Waals surface area contributed by atoms with Crippen molar-refractivity contribution in [2.75, 3.05) is 0 Å². The summed E-state index contributed by atoms with van der Waals surface area (Å²) in [6, 6.07) is 2.24. The standard InChI is InChI=1S/C21H35NOSi/c1-8-9-10-11-12-19-21-18(13-20(22-19)15(2)3)14-23-24(21,16(4)5)17(6)7/h13,16-17H,2,8-12,14H2,1,3-7H3. The summed E-state index contributed by atoms with van der Waals surface area (Å²) >= 11 is 0. The third-order valence-electron chi connectivity index (χ3n) is 5.45. The number of fused-ring (bicyclic) bond motifs is 1. The molecule has 0 amide bonds. The van der Waals surface area contributed by atoms with E-state index in [-0.39, 0.29) is 0 Å². The Kier molecular flexibility index (Phi) is 6.44. The Morgan fingerprint density at radius 1 is 1.21 bits per heavy atom. The first-order chi connectivity index (χ1) is 11.3. The molecule has 0 unspecified atom stereocenters. The Morgan fingerprint density at radius 2 is 1.88 bits per heavy atom. The largest absolute Gasteiger partial charge is 0.408 e.